The molecule has 26 heavy (non-hydrogen) atoms. The number of aromatic nitrogens is 3. The molecule has 140 valence electrons. The van der Waals surface area contributed by atoms with Crippen molar-refractivity contribution in [3.05, 3.63) is 47.3 Å². The molecule has 0 atom stereocenters. The molecule has 0 N–H and O–H groups in total. The van der Waals surface area contributed by atoms with Gasteiger partial charge in [-0.05, 0) is 24.5 Å². The smallest absolute Gasteiger partial charge is 0.247 e. The van der Waals surface area contributed by atoms with Crippen molar-refractivity contribution in [1.29, 1.82) is 0 Å². The fraction of sp³-hybridized carbons (Fsp3) is 0.500. The normalized spacial score (nSPS) is 19.5. The van der Waals surface area contributed by atoms with Gasteiger partial charge in [0.15, 0.2) is 0 Å². The molecule has 0 spiro atoms. The predicted octanol–water partition coefficient (Wildman–Crippen LogP) is 2.56. The average molecular weight is 386 g/mol. The van der Waals surface area contributed by atoms with Crippen LogP contribution in [-0.4, -0.2) is 40.8 Å². The average Bonchev–Trinajstić information content (AvgIpc) is 3.24. The highest BCUT2D eigenvalue weighted by Gasteiger charge is 2.38. The lowest BCUT2D eigenvalue weighted by atomic mass is 10.1. The van der Waals surface area contributed by atoms with Gasteiger partial charge in [-0.2, -0.15) is 17.5 Å². The molecule has 6 nitrogen and oxygen atoms in total. The Balaban J connectivity index is 1.40. The first-order chi connectivity index (χ1) is 12.2. The monoisotopic (exact) mass is 386 g/mol. The van der Waals surface area contributed by atoms with Crippen molar-refractivity contribution in [3.8, 4) is 0 Å². The van der Waals surface area contributed by atoms with E-state index in [2.05, 4.69) is 10.3 Å². The number of hydrogen-bond donors (Lipinski definition) is 0. The molecule has 1 aromatic carbocycles. The summed E-state index contributed by atoms with van der Waals surface area (Å²) in [6, 6.07) is 4.35. The third-order valence-corrected chi connectivity index (χ3v) is 6.51. The first-order valence-electron chi connectivity index (χ1n) is 8.28. The van der Waals surface area contributed by atoms with Gasteiger partial charge in [0.1, 0.15) is 0 Å². The number of benzene rings is 1. The van der Waals surface area contributed by atoms with E-state index < -0.39 is 27.5 Å². The van der Waals surface area contributed by atoms with E-state index in [9.17, 15) is 21.6 Å². The molecule has 0 unspecified atom stereocenters. The summed E-state index contributed by atoms with van der Waals surface area (Å²) in [5.41, 5.74) is 0.220. The van der Waals surface area contributed by atoms with Crippen LogP contribution in [-0.2, 0) is 22.0 Å². The van der Waals surface area contributed by atoms with Gasteiger partial charge in [0.05, 0.1) is 23.1 Å². The third kappa shape index (κ3) is 3.48. The molecule has 10 heteroatoms. The maximum atomic E-state index is 12.8. The molecule has 0 radical (unpaired) electrons. The number of nitrogens with zero attached hydrogens (tertiary/aromatic N) is 4. The second-order valence-electron chi connectivity index (χ2n) is 6.82. The molecule has 1 aromatic heterocycles. The van der Waals surface area contributed by atoms with Gasteiger partial charge < -0.3 is 0 Å². The summed E-state index contributed by atoms with van der Waals surface area (Å²) >= 11 is 0. The van der Waals surface area contributed by atoms with Crippen LogP contribution < -0.4 is 0 Å². The maximum absolute atomic E-state index is 12.8. The fourth-order valence-corrected chi connectivity index (χ4v) is 4.57. The Bertz CT molecular complexity index is 916. The van der Waals surface area contributed by atoms with Gasteiger partial charge in [0.25, 0.3) is 0 Å². The SMILES string of the molecule is O=S(=O)(Cc1cccc(C(F)(F)F)c1)N1CC(n2cc(C3CC3)nn2)C1. The van der Waals surface area contributed by atoms with Gasteiger partial charge in [0.2, 0.25) is 10.0 Å². The second kappa shape index (κ2) is 6.05. The highest BCUT2D eigenvalue weighted by Crippen LogP contribution is 2.39. The summed E-state index contributed by atoms with van der Waals surface area (Å²) in [7, 11) is -3.67. The lowest BCUT2D eigenvalue weighted by Crippen LogP contribution is -2.51. The lowest BCUT2D eigenvalue weighted by Gasteiger charge is -2.37. The molecule has 2 aliphatic rings. The van der Waals surface area contributed by atoms with Crippen molar-refractivity contribution in [2.24, 2.45) is 0 Å². The van der Waals surface area contributed by atoms with E-state index in [1.165, 1.54) is 16.4 Å². The molecule has 2 fully saturated rings. The van der Waals surface area contributed by atoms with Crippen LogP contribution in [0.4, 0.5) is 13.2 Å². The minimum absolute atomic E-state index is 0.0775. The summed E-state index contributed by atoms with van der Waals surface area (Å²) in [4.78, 5) is 0. The van der Waals surface area contributed by atoms with E-state index in [1.807, 2.05) is 6.20 Å². The zero-order valence-corrected chi connectivity index (χ0v) is 14.5. The molecule has 1 aliphatic carbocycles. The van der Waals surface area contributed by atoms with Crippen LogP contribution in [0.1, 0.15) is 41.6 Å². The molecule has 1 saturated heterocycles. The van der Waals surface area contributed by atoms with Crippen LogP contribution in [0.25, 0.3) is 0 Å². The van der Waals surface area contributed by atoms with Gasteiger partial charge in [-0.25, -0.2) is 13.1 Å². The highest BCUT2D eigenvalue weighted by molar-refractivity contribution is 7.88. The minimum Gasteiger partial charge on any atom is -0.247 e. The first kappa shape index (κ1) is 17.5. The topological polar surface area (TPSA) is 68.1 Å². The van der Waals surface area contributed by atoms with E-state index in [4.69, 9.17) is 0 Å². The zero-order valence-electron chi connectivity index (χ0n) is 13.7. The summed E-state index contributed by atoms with van der Waals surface area (Å²) in [5, 5.41) is 8.17. The summed E-state index contributed by atoms with van der Waals surface area (Å²) in [5.74, 6) is 0.0264. The molecular weight excluding hydrogens is 369 g/mol. The van der Waals surface area contributed by atoms with Crippen molar-refractivity contribution in [2.75, 3.05) is 13.1 Å². The Morgan fingerprint density at radius 3 is 2.58 bits per heavy atom. The zero-order chi connectivity index (χ0) is 18.5. The van der Waals surface area contributed by atoms with Crippen molar-refractivity contribution < 1.29 is 21.6 Å². The van der Waals surface area contributed by atoms with E-state index in [0.29, 0.717) is 5.92 Å². The Labute approximate surface area is 148 Å². The van der Waals surface area contributed by atoms with Crippen molar-refractivity contribution in [3.63, 3.8) is 0 Å². The van der Waals surface area contributed by atoms with Crippen LogP contribution in [0.15, 0.2) is 30.5 Å². The Kier molecular flexibility index (Phi) is 4.07. The van der Waals surface area contributed by atoms with Crippen LogP contribution in [0.3, 0.4) is 0 Å². The Morgan fingerprint density at radius 1 is 1.19 bits per heavy atom. The van der Waals surface area contributed by atoms with Gasteiger partial charge in [0, 0.05) is 25.2 Å². The standard InChI is InChI=1S/C16H17F3N4O2S/c17-16(18,19)13-3-1-2-11(6-13)10-26(24,25)22-7-14(8-22)23-9-15(20-21-23)12-4-5-12/h1-3,6,9,12,14H,4-5,7-8,10H2. The number of rotatable bonds is 5. The van der Waals surface area contributed by atoms with E-state index in [-0.39, 0.29) is 24.7 Å². The molecule has 1 saturated carbocycles. The molecule has 1 aliphatic heterocycles. The molecule has 2 heterocycles. The van der Waals surface area contributed by atoms with E-state index in [0.717, 1.165) is 30.7 Å². The molecule has 4 rings (SSSR count). The quantitative estimate of drug-likeness (QED) is 0.792. The van der Waals surface area contributed by atoms with Gasteiger partial charge >= 0.3 is 6.18 Å². The van der Waals surface area contributed by atoms with E-state index >= 15 is 0 Å². The van der Waals surface area contributed by atoms with E-state index in [1.54, 1.807) is 4.68 Å². The lowest BCUT2D eigenvalue weighted by molar-refractivity contribution is -0.137. The second-order valence-corrected chi connectivity index (χ2v) is 8.79. The number of sulfonamides is 1. The molecular formula is C16H17F3N4O2S. The highest BCUT2D eigenvalue weighted by atomic mass is 32.2. The summed E-state index contributed by atoms with van der Waals surface area (Å²) in [6.07, 6.45) is -0.408. The summed E-state index contributed by atoms with van der Waals surface area (Å²) < 4.78 is 66.1. The minimum atomic E-state index is -4.49. The summed E-state index contributed by atoms with van der Waals surface area (Å²) in [6.45, 7) is 0.517. The van der Waals surface area contributed by atoms with Gasteiger partial charge in [-0.15, -0.1) is 5.10 Å². The number of halogens is 3. The Morgan fingerprint density at radius 2 is 1.92 bits per heavy atom. The fourth-order valence-electron chi connectivity index (χ4n) is 2.99. The van der Waals surface area contributed by atoms with Crippen molar-refractivity contribution in [2.45, 2.75) is 36.7 Å². The van der Waals surface area contributed by atoms with Crippen molar-refractivity contribution >= 4 is 10.0 Å². The largest absolute Gasteiger partial charge is 0.416 e. The van der Waals surface area contributed by atoms with Crippen LogP contribution in [0.5, 0.6) is 0 Å². The van der Waals surface area contributed by atoms with Crippen LogP contribution in [0.2, 0.25) is 0 Å². The van der Waals surface area contributed by atoms with Crippen molar-refractivity contribution in [1.82, 2.24) is 19.3 Å². The molecule has 0 amide bonds. The molecule has 0 bridgehead atoms. The van der Waals surface area contributed by atoms with Crippen LogP contribution in [0, 0.1) is 0 Å². The van der Waals surface area contributed by atoms with Gasteiger partial charge in [-0.3, -0.25) is 0 Å². The first-order valence-corrected chi connectivity index (χ1v) is 9.89. The molecule has 2 aromatic rings. The Hall–Kier alpha value is -1.94. The predicted molar refractivity (Wildman–Crippen MR) is 86.7 cm³/mol. The van der Waals surface area contributed by atoms with Gasteiger partial charge in [-0.1, -0.05) is 23.4 Å². The maximum Gasteiger partial charge on any atom is 0.416 e. The third-order valence-electron chi connectivity index (χ3n) is 4.72. The van der Waals surface area contributed by atoms with Crippen LogP contribution >= 0.6 is 0 Å². The number of hydrogen-bond acceptors (Lipinski definition) is 4. The number of alkyl halides is 3.